The molecule has 0 radical (unpaired) electrons. The number of urea groups is 1. The van der Waals surface area contributed by atoms with Crippen molar-refractivity contribution in [2.24, 2.45) is 0 Å². The van der Waals surface area contributed by atoms with Crippen molar-refractivity contribution >= 4 is 17.8 Å². The molecule has 0 bridgehead atoms. The number of halogens is 2. The highest BCUT2D eigenvalue weighted by atomic mass is 19.2. The number of ether oxygens (including phenoxy) is 1. The van der Waals surface area contributed by atoms with Gasteiger partial charge < -0.3 is 15.4 Å². The molecule has 2 atom stereocenters. The molecule has 1 saturated heterocycles. The number of nitrogens with zero attached hydrogens (tertiary/aromatic N) is 5. The molecule has 0 aliphatic carbocycles. The Morgan fingerprint density at radius 3 is 2.58 bits per heavy atom. The molecule has 3 aromatic heterocycles. The molecule has 1 aliphatic rings. The van der Waals surface area contributed by atoms with Crippen molar-refractivity contribution in [2.45, 2.75) is 19.1 Å². The number of aromatic nitrogens is 4. The summed E-state index contributed by atoms with van der Waals surface area (Å²) in [7, 11) is 3.08. The normalized spacial score (nSPS) is 16.7. The van der Waals surface area contributed by atoms with Crippen LogP contribution in [0.2, 0.25) is 0 Å². The lowest BCUT2D eigenvalue weighted by Crippen LogP contribution is -2.42. The van der Waals surface area contributed by atoms with Crippen LogP contribution in [-0.4, -0.2) is 76.6 Å². The molecule has 3 amide bonds. The van der Waals surface area contributed by atoms with Crippen LogP contribution in [-0.2, 0) is 9.57 Å². The Hall–Kier alpha value is -4.79. The number of nitrogens with one attached hydrogen (secondary N) is 3. The van der Waals surface area contributed by atoms with Crippen molar-refractivity contribution < 1.29 is 27.9 Å². The fraction of sp³-hybridized carbons (Fsp3) is 0.276. The lowest BCUT2D eigenvalue weighted by Gasteiger charge is -2.19. The predicted octanol–water partition coefficient (Wildman–Crippen LogP) is 3.40. The quantitative estimate of drug-likeness (QED) is 0.252. The van der Waals surface area contributed by atoms with E-state index in [0.717, 1.165) is 6.07 Å². The minimum absolute atomic E-state index is 0.256. The zero-order chi connectivity index (χ0) is 30.5. The van der Waals surface area contributed by atoms with Crippen molar-refractivity contribution in [3.63, 3.8) is 0 Å². The summed E-state index contributed by atoms with van der Waals surface area (Å²) in [6, 6.07) is 12.4. The van der Waals surface area contributed by atoms with Gasteiger partial charge in [-0.3, -0.25) is 19.9 Å². The molecule has 3 N–H and O–H groups in total. The lowest BCUT2D eigenvalue weighted by molar-refractivity contribution is -0.154. The molecular formula is C29H30F2N8O4. The minimum atomic E-state index is -1.22. The predicted molar refractivity (Wildman–Crippen MR) is 152 cm³/mol. The number of pyridine rings is 2. The van der Waals surface area contributed by atoms with Crippen LogP contribution >= 0.6 is 0 Å². The number of hydroxylamine groups is 2. The van der Waals surface area contributed by atoms with E-state index in [9.17, 15) is 18.4 Å². The van der Waals surface area contributed by atoms with E-state index >= 15 is 0 Å². The molecule has 1 fully saturated rings. The molecule has 0 unspecified atom stereocenters. The highest BCUT2D eigenvalue weighted by molar-refractivity contribution is 5.93. The third-order valence-corrected chi connectivity index (χ3v) is 6.89. The zero-order valence-electron chi connectivity index (χ0n) is 23.7. The number of rotatable bonds is 9. The third kappa shape index (κ3) is 6.51. The summed E-state index contributed by atoms with van der Waals surface area (Å²) < 4.78 is 34.3. The lowest BCUT2D eigenvalue weighted by atomic mass is 10.0. The number of benzene rings is 1. The van der Waals surface area contributed by atoms with Gasteiger partial charge in [0.2, 0.25) is 5.95 Å². The second-order valence-corrected chi connectivity index (χ2v) is 9.73. The first-order valence-electron chi connectivity index (χ1n) is 13.4. The number of carbonyl (C=O) groups is 2. The maximum absolute atomic E-state index is 14.0. The molecule has 43 heavy (non-hydrogen) atoms. The average molecular weight is 593 g/mol. The monoisotopic (exact) mass is 592 g/mol. The smallest absolute Gasteiger partial charge is 0.320 e. The fourth-order valence-electron chi connectivity index (χ4n) is 4.72. The number of para-hydroxylation sites is 1. The van der Waals surface area contributed by atoms with Gasteiger partial charge in [0.25, 0.3) is 5.91 Å². The SMILES string of the molecule is CNC(=O)c1ccc(-c2nn(-c3ccccc3)c(NC(=O)N[C@@H]3CN(CCOC)O[C@H]3c3cnc(F)c(F)c3)c2C)cn1. The van der Waals surface area contributed by atoms with Crippen LogP contribution < -0.4 is 16.0 Å². The summed E-state index contributed by atoms with van der Waals surface area (Å²) in [5.41, 5.74) is 3.07. The zero-order valence-corrected chi connectivity index (χ0v) is 23.7. The van der Waals surface area contributed by atoms with Gasteiger partial charge >= 0.3 is 6.03 Å². The standard InChI is InChI=1S/C29H30F2N8O4/c1-17-24(18-9-10-22(33-14-18)28(40)32-2)37-39(20-7-5-4-6-8-20)27(17)36-29(41)35-23-16-38(11-12-42-3)43-25(23)19-13-21(30)26(31)34-15-19/h4-10,13-15,23,25H,11-12,16H2,1-3H3,(H,32,40)(H2,35,36,41)/t23-,25+/m1/s1. The maximum atomic E-state index is 14.0. The van der Waals surface area contributed by atoms with Gasteiger partial charge in [0.15, 0.2) is 5.82 Å². The van der Waals surface area contributed by atoms with Gasteiger partial charge in [-0.05, 0) is 37.3 Å². The minimum Gasteiger partial charge on any atom is -0.383 e. The van der Waals surface area contributed by atoms with Gasteiger partial charge in [0.05, 0.1) is 24.0 Å². The molecule has 12 nitrogen and oxygen atoms in total. The van der Waals surface area contributed by atoms with Gasteiger partial charge in [0, 0.05) is 56.3 Å². The van der Waals surface area contributed by atoms with E-state index in [0.29, 0.717) is 41.5 Å². The van der Waals surface area contributed by atoms with Gasteiger partial charge in [-0.15, -0.1) is 0 Å². The van der Waals surface area contributed by atoms with Crippen LogP contribution in [0, 0.1) is 18.7 Å². The first kappa shape index (κ1) is 29.7. The highest BCUT2D eigenvalue weighted by Crippen LogP contribution is 2.32. The van der Waals surface area contributed by atoms with Crippen LogP contribution in [0.15, 0.2) is 60.9 Å². The number of carbonyl (C=O) groups excluding carboxylic acids is 2. The van der Waals surface area contributed by atoms with E-state index in [1.54, 1.807) is 35.2 Å². The number of amides is 3. The van der Waals surface area contributed by atoms with E-state index in [1.807, 2.05) is 37.3 Å². The topological polar surface area (TPSA) is 136 Å². The summed E-state index contributed by atoms with van der Waals surface area (Å²) in [5.74, 6) is -2.26. The summed E-state index contributed by atoms with van der Waals surface area (Å²) in [6.07, 6.45) is 1.90. The van der Waals surface area contributed by atoms with E-state index in [4.69, 9.17) is 14.7 Å². The van der Waals surface area contributed by atoms with E-state index in [1.165, 1.54) is 13.2 Å². The Bertz CT molecular complexity index is 1600. The molecule has 0 saturated carbocycles. The number of anilines is 1. The number of hydrogen-bond acceptors (Lipinski definition) is 8. The second-order valence-electron chi connectivity index (χ2n) is 9.73. The average Bonchev–Trinajstić information content (AvgIpc) is 3.57. The van der Waals surface area contributed by atoms with Crippen molar-refractivity contribution in [3.8, 4) is 16.9 Å². The Balaban J connectivity index is 1.43. The molecule has 4 aromatic rings. The number of hydrogen-bond donors (Lipinski definition) is 3. The van der Waals surface area contributed by atoms with Gasteiger partial charge in [-0.2, -0.15) is 14.6 Å². The van der Waals surface area contributed by atoms with Gasteiger partial charge in [-0.25, -0.2) is 18.9 Å². The van der Waals surface area contributed by atoms with Crippen LogP contribution in [0.5, 0.6) is 0 Å². The highest BCUT2D eigenvalue weighted by Gasteiger charge is 2.37. The summed E-state index contributed by atoms with van der Waals surface area (Å²) in [6.45, 7) is 2.82. The maximum Gasteiger partial charge on any atom is 0.320 e. The third-order valence-electron chi connectivity index (χ3n) is 6.89. The first-order valence-corrected chi connectivity index (χ1v) is 13.4. The first-order chi connectivity index (χ1) is 20.8. The van der Waals surface area contributed by atoms with Gasteiger partial charge in [-0.1, -0.05) is 18.2 Å². The van der Waals surface area contributed by atoms with Crippen LogP contribution in [0.4, 0.5) is 19.4 Å². The second kappa shape index (κ2) is 13.0. The van der Waals surface area contributed by atoms with Crippen molar-refractivity contribution in [2.75, 3.05) is 39.2 Å². The Morgan fingerprint density at radius 1 is 1.12 bits per heavy atom. The Kier molecular flexibility index (Phi) is 8.99. The van der Waals surface area contributed by atoms with Crippen molar-refractivity contribution in [1.82, 2.24) is 35.4 Å². The van der Waals surface area contributed by atoms with Crippen LogP contribution in [0.25, 0.3) is 16.9 Å². The number of methoxy groups -OCH3 is 1. The van der Waals surface area contributed by atoms with Crippen molar-refractivity contribution in [3.05, 3.63) is 89.5 Å². The molecule has 224 valence electrons. The summed E-state index contributed by atoms with van der Waals surface area (Å²) in [5, 5.41) is 14.7. The molecule has 4 heterocycles. The fourth-order valence-corrected chi connectivity index (χ4v) is 4.72. The summed E-state index contributed by atoms with van der Waals surface area (Å²) in [4.78, 5) is 39.1. The largest absolute Gasteiger partial charge is 0.383 e. The molecule has 0 spiro atoms. The molecular weight excluding hydrogens is 562 g/mol. The van der Waals surface area contributed by atoms with Crippen LogP contribution in [0.3, 0.4) is 0 Å². The van der Waals surface area contributed by atoms with Crippen molar-refractivity contribution in [1.29, 1.82) is 0 Å². The van der Waals surface area contributed by atoms with E-state index in [-0.39, 0.29) is 23.7 Å². The molecule has 1 aliphatic heterocycles. The summed E-state index contributed by atoms with van der Waals surface area (Å²) >= 11 is 0. The molecule has 5 rings (SSSR count). The van der Waals surface area contributed by atoms with E-state index in [2.05, 4.69) is 25.9 Å². The molecule has 14 heteroatoms. The Morgan fingerprint density at radius 2 is 1.91 bits per heavy atom. The van der Waals surface area contributed by atoms with E-state index < -0.39 is 29.9 Å². The van der Waals surface area contributed by atoms with Gasteiger partial charge in [0.1, 0.15) is 17.6 Å². The van der Waals surface area contributed by atoms with Crippen LogP contribution in [0.1, 0.15) is 27.7 Å². The molecule has 1 aromatic carbocycles. The Labute approximate surface area is 246 Å².